The number of nitrogens with zero attached hydrogens (tertiary/aromatic N) is 1. The standard InChI is InChI=1S/C17H21N3/c1-3-11-19-17-15(6-5-12-20-17)16(18)14-9-7-13(4-2)8-10-14/h5-10,12,18H,3-4,11H2,1-2H3,(H,19,20). The van der Waals surface area contributed by atoms with E-state index >= 15 is 0 Å². The second kappa shape index (κ2) is 6.85. The summed E-state index contributed by atoms with van der Waals surface area (Å²) in [6.07, 6.45) is 3.81. The van der Waals surface area contributed by atoms with Crippen molar-refractivity contribution in [1.82, 2.24) is 4.98 Å². The van der Waals surface area contributed by atoms with Crippen molar-refractivity contribution in [2.45, 2.75) is 26.7 Å². The highest BCUT2D eigenvalue weighted by Crippen LogP contribution is 2.17. The van der Waals surface area contributed by atoms with Crippen LogP contribution in [0.5, 0.6) is 0 Å². The zero-order valence-electron chi connectivity index (χ0n) is 12.1. The van der Waals surface area contributed by atoms with Gasteiger partial charge >= 0.3 is 0 Å². The minimum absolute atomic E-state index is 0.513. The van der Waals surface area contributed by atoms with Crippen LogP contribution in [0.25, 0.3) is 0 Å². The second-order valence-corrected chi connectivity index (χ2v) is 4.75. The first-order chi connectivity index (χ1) is 9.76. The van der Waals surface area contributed by atoms with Gasteiger partial charge in [-0.05, 0) is 30.5 Å². The van der Waals surface area contributed by atoms with E-state index in [0.717, 1.165) is 36.3 Å². The Kier molecular flexibility index (Phi) is 4.88. The molecule has 1 heterocycles. The van der Waals surface area contributed by atoms with Crippen molar-refractivity contribution in [3.63, 3.8) is 0 Å². The van der Waals surface area contributed by atoms with Gasteiger partial charge in [-0.15, -0.1) is 0 Å². The Labute approximate surface area is 120 Å². The van der Waals surface area contributed by atoms with Crippen molar-refractivity contribution in [2.24, 2.45) is 0 Å². The molecular weight excluding hydrogens is 246 g/mol. The minimum atomic E-state index is 0.513. The lowest BCUT2D eigenvalue weighted by Gasteiger charge is -2.11. The molecule has 3 heteroatoms. The predicted octanol–water partition coefficient (Wildman–Crippen LogP) is 3.88. The van der Waals surface area contributed by atoms with Gasteiger partial charge < -0.3 is 5.32 Å². The van der Waals surface area contributed by atoms with Crippen molar-refractivity contribution in [3.05, 3.63) is 59.3 Å². The highest BCUT2D eigenvalue weighted by Gasteiger charge is 2.10. The summed E-state index contributed by atoms with van der Waals surface area (Å²) < 4.78 is 0. The maximum Gasteiger partial charge on any atom is 0.135 e. The van der Waals surface area contributed by atoms with Crippen LogP contribution >= 0.6 is 0 Å². The van der Waals surface area contributed by atoms with Gasteiger partial charge in [-0.25, -0.2) is 4.98 Å². The molecule has 0 spiro atoms. The molecular formula is C17H21N3. The van der Waals surface area contributed by atoms with Crippen LogP contribution in [-0.4, -0.2) is 17.2 Å². The van der Waals surface area contributed by atoms with Gasteiger partial charge in [-0.1, -0.05) is 38.1 Å². The first-order valence-corrected chi connectivity index (χ1v) is 7.13. The number of pyridine rings is 1. The van der Waals surface area contributed by atoms with E-state index in [-0.39, 0.29) is 0 Å². The molecule has 3 nitrogen and oxygen atoms in total. The third kappa shape index (κ3) is 3.23. The van der Waals surface area contributed by atoms with Gasteiger partial charge in [0, 0.05) is 23.9 Å². The third-order valence-electron chi connectivity index (χ3n) is 3.27. The third-order valence-corrected chi connectivity index (χ3v) is 3.27. The number of nitrogens with one attached hydrogen (secondary N) is 2. The van der Waals surface area contributed by atoms with E-state index in [1.165, 1.54) is 5.56 Å². The molecule has 0 saturated carbocycles. The molecule has 20 heavy (non-hydrogen) atoms. The van der Waals surface area contributed by atoms with Crippen LogP contribution in [0.2, 0.25) is 0 Å². The summed E-state index contributed by atoms with van der Waals surface area (Å²) in [5.74, 6) is 0.791. The molecule has 2 N–H and O–H groups in total. The van der Waals surface area contributed by atoms with E-state index < -0.39 is 0 Å². The highest BCUT2D eigenvalue weighted by molar-refractivity contribution is 6.13. The van der Waals surface area contributed by atoms with Gasteiger partial charge in [0.2, 0.25) is 0 Å². The molecule has 0 fully saturated rings. The number of aromatic nitrogens is 1. The van der Waals surface area contributed by atoms with E-state index in [4.69, 9.17) is 5.41 Å². The minimum Gasteiger partial charge on any atom is -0.370 e. The van der Waals surface area contributed by atoms with Crippen molar-refractivity contribution < 1.29 is 0 Å². The van der Waals surface area contributed by atoms with Crippen LogP contribution < -0.4 is 5.32 Å². The molecule has 0 aliphatic carbocycles. The Balaban J connectivity index is 2.27. The van der Waals surface area contributed by atoms with E-state index in [1.54, 1.807) is 6.20 Å². The summed E-state index contributed by atoms with van der Waals surface area (Å²) in [4.78, 5) is 4.34. The van der Waals surface area contributed by atoms with Crippen molar-refractivity contribution in [1.29, 1.82) is 5.41 Å². The average molecular weight is 267 g/mol. The molecule has 0 atom stereocenters. The number of rotatable bonds is 6. The van der Waals surface area contributed by atoms with E-state index in [1.807, 2.05) is 24.3 Å². The fourth-order valence-electron chi connectivity index (χ4n) is 2.05. The molecule has 0 radical (unpaired) electrons. The normalized spacial score (nSPS) is 10.3. The van der Waals surface area contributed by atoms with Gasteiger partial charge in [0.15, 0.2) is 0 Å². The monoisotopic (exact) mass is 267 g/mol. The predicted molar refractivity (Wildman–Crippen MR) is 84.8 cm³/mol. The van der Waals surface area contributed by atoms with Crippen LogP contribution in [0.1, 0.15) is 37.0 Å². The molecule has 0 amide bonds. The smallest absolute Gasteiger partial charge is 0.135 e. The highest BCUT2D eigenvalue weighted by atomic mass is 15.0. The molecule has 0 bridgehead atoms. The quantitative estimate of drug-likeness (QED) is 0.780. The second-order valence-electron chi connectivity index (χ2n) is 4.75. The van der Waals surface area contributed by atoms with Gasteiger partial charge in [0.25, 0.3) is 0 Å². The van der Waals surface area contributed by atoms with E-state index in [2.05, 4.69) is 36.3 Å². The van der Waals surface area contributed by atoms with Crippen molar-refractivity contribution in [2.75, 3.05) is 11.9 Å². The van der Waals surface area contributed by atoms with Gasteiger partial charge in [-0.2, -0.15) is 0 Å². The maximum absolute atomic E-state index is 8.39. The molecule has 0 unspecified atom stereocenters. The number of hydrogen-bond donors (Lipinski definition) is 2. The van der Waals surface area contributed by atoms with Crippen LogP contribution in [0.15, 0.2) is 42.6 Å². The summed E-state index contributed by atoms with van der Waals surface area (Å²) in [7, 11) is 0. The fraction of sp³-hybridized carbons (Fsp3) is 0.294. The molecule has 2 aromatic rings. The largest absolute Gasteiger partial charge is 0.370 e. The van der Waals surface area contributed by atoms with Crippen LogP contribution in [0, 0.1) is 5.41 Å². The van der Waals surface area contributed by atoms with Crippen molar-refractivity contribution >= 4 is 11.5 Å². The van der Waals surface area contributed by atoms with Gasteiger partial charge in [-0.3, -0.25) is 5.41 Å². The van der Waals surface area contributed by atoms with E-state index in [0.29, 0.717) is 5.71 Å². The molecule has 1 aromatic heterocycles. The van der Waals surface area contributed by atoms with Crippen LogP contribution in [0.3, 0.4) is 0 Å². The number of hydrogen-bond acceptors (Lipinski definition) is 3. The number of benzene rings is 1. The molecule has 0 aliphatic rings. The Morgan fingerprint density at radius 1 is 1.15 bits per heavy atom. The number of aryl methyl sites for hydroxylation is 1. The van der Waals surface area contributed by atoms with E-state index in [9.17, 15) is 0 Å². The molecule has 0 aliphatic heterocycles. The lowest BCUT2D eigenvalue weighted by molar-refractivity contribution is 0.968. The van der Waals surface area contributed by atoms with Crippen LogP contribution in [0.4, 0.5) is 5.82 Å². The lowest BCUT2D eigenvalue weighted by atomic mass is 10.0. The lowest BCUT2D eigenvalue weighted by Crippen LogP contribution is -2.10. The summed E-state index contributed by atoms with van der Waals surface area (Å²) in [6.45, 7) is 5.12. The number of anilines is 1. The molecule has 104 valence electrons. The van der Waals surface area contributed by atoms with Gasteiger partial charge in [0.05, 0.1) is 5.71 Å². The topological polar surface area (TPSA) is 48.8 Å². The summed E-state index contributed by atoms with van der Waals surface area (Å²) in [5, 5.41) is 11.7. The SMILES string of the molecule is CCCNc1ncccc1C(=N)c1ccc(CC)cc1. The maximum atomic E-state index is 8.39. The average Bonchev–Trinajstić information content (AvgIpc) is 2.52. The first-order valence-electron chi connectivity index (χ1n) is 7.13. The zero-order valence-corrected chi connectivity index (χ0v) is 12.1. The Morgan fingerprint density at radius 2 is 1.90 bits per heavy atom. The van der Waals surface area contributed by atoms with Crippen LogP contribution in [-0.2, 0) is 6.42 Å². The van der Waals surface area contributed by atoms with Gasteiger partial charge in [0.1, 0.15) is 5.82 Å². The Morgan fingerprint density at radius 3 is 2.55 bits per heavy atom. The first kappa shape index (κ1) is 14.3. The summed E-state index contributed by atoms with van der Waals surface area (Å²) >= 11 is 0. The van der Waals surface area contributed by atoms with Crippen molar-refractivity contribution in [3.8, 4) is 0 Å². The molecule has 2 rings (SSSR count). The summed E-state index contributed by atoms with van der Waals surface area (Å²) in [6, 6.07) is 12.0. The Hall–Kier alpha value is -2.16. The fourth-order valence-corrected chi connectivity index (χ4v) is 2.05. The Bertz CT molecular complexity index is 573. The molecule has 0 saturated heterocycles. The summed E-state index contributed by atoms with van der Waals surface area (Å²) in [5.41, 5.74) is 3.58. The zero-order chi connectivity index (χ0) is 14.4. The molecule has 1 aromatic carbocycles.